The zero-order valence-electron chi connectivity index (χ0n) is 9.06. The zero-order valence-corrected chi connectivity index (χ0v) is 10.6. The molecule has 0 aliphatic heterocycles. The molecule has 0 amide bonds. The third-order valence-corrected chi connectivity index (χ3v) is 3.93. The average molecular weight is 249 g/mol. The van der Waals surface area contributed by atoms with Crippen molar-refractivity contribution in [3.05, 3.63) is 60.2 Å². The number of benzene rings is 2. The molecule has 0 bridgehead atoms. The highest BCUT2D eigenvalue weighted by Gasteiger charge is 2.11. The van der Waals surface area contributed by atoms with Crippen molar-refractivity contribution in [2.24, 2.45) is 0 Å². The van der Waals surface area contributed by atoms with Crippen LogP contribution in [0, 0.1) is 0 Å². The molecule has 0 spiro atoms. The summed E-state index contributed by atoms with van der Waals surface area (Å²) in [6, 6.07) is 18.7. The molecular formula is C14H13ClS. The van der Waals surface area contributed by atoms with Gasteiger partial charge in [-0.15, -0.1) is 23.4 Å². The van der Waals surface area contributed by atoms with Gasteiger partial charge in [-0.2, -0.15) is 0 Å². The zero-order chi connectivity index (χ0) is 11.4. The standard InChI is InChI=1S/C14H13ClS/c1-16-14(15)13-10-6-5-9-12(13)11-7-3-2-4-8-11/h2-10,14H,1H3. The molecule has 2 rings (SSSR count). The predicted molar refractivity (Wildman–Crippen MR) is 74.0 cm³/mol. The topological polar surface area (TPSA) is 0 Å². The van der Waals surface area contributed by atoms with Gasteiger partial charge in [-0.3, -0.25) is 0 Å². The van der Waals surface area contributed by atoms with Crippen molar-refractivity contribution in [2.45, 2.75) is 4.71 Å². The number of hydrogen-bond donors (Lipinski definition) is 0. The second kappa shape index (κ2) is 5.42. The number of rotatable bonds is 3. The van der Waals surface area contributed by atoms with E-state index in [9.17, 15) is 0 Å². The Morgan fingerprint density at radius 3 is 2.25 bits per heavy atom. The minimum Gasteiger partial charge on any atom is -0.141 e. The van der Waals surface area contributed by atoms with Gasteiger partial charge in [0.15, 0.2) is 0 Å². The van der Waals surface area contributed by atoms with Crippen LogP contribution in [0.5, 0.6) is 0 Å². The predicted octanol–water partition coefficient (Wildman–Crippen LogP) is 4.95. The van der Waals surface area contributed by atoms with E-state index in [0.717, 1.165) is 0 Å². The van der Waals surface area contributed by atoms with Gasteiger partial charge in [-0.1, -0.05) is 54.6 Å². The van der Waals surface area contributed by atoms with Crippen LogP contribution < -0.4 is 0 Å². The summed E-state index contributed by atoms with van der Waals surface area (Å²) in [4.78, 5) is 0. The molecule has 0 nitrogen and oxygen atoms in total. The van der Waals surface area contributed by atoms with Gasteiger partial charge in [0.2, 0.25) is 0 Å². The fourth-order valence-electron chi connectivity index (χ4n) is 1.70. The molecule has 0 fully saturated rings. The Morgan fingerprint density at radius 1 is 0.938 bits per heavy atom. The molecule has 1 unspecified atom stereocenters. The monoisotopic (exact) mass is 248 g/mol. The first-order valence-corrected chi connectivity index (χ1v) is 6.86. The summed E-state index contributed by atoms with van der Waals surface area (Å²) in [5.41, 5.74) is 3.62. The highest BCUT2D eigenvalue weighted by atomic mass is 35.5. The van der Waals surface area contributed by atoms with Crippen molar-refractivity contribution in [3.8, 4) is 11.1 Å². The fourth-order valence-corrected chi connectivity index (χ4v) is 2.35. The van der Waals surface area contributed by atoms with Gasteiger partial charge in [-0.05, 0) is 22.9 Å². The van der Waals surface area contributed by atoms with E-state index in [0.29, 0.717) is 0 Å². The highest BCUT2D eigenvalue weighted by molar-refractivity contribution is 7.99. The van der Waals surface area contributed by atoms with Crippen LogP contribution in [0.15, 0.2) is 54.6 Å². The summed E-state index contributed by atoms with van der Waals surface area (Å²) in [6.45, 7) is 0. The average Bonchev–Trinajstić information content (AvgIpc) is 2.39. The molecule has 82 valence electrons. The van der Waals surface area contributed by atoms with Gasteiger partial charge < -0.3 is 0 Å². The molecule has 2 heteroatoms. The number of thioether (sulfide) groups is 1. The summed E-state index contributed by atoms with van der Waals surface area (Å²) in [7, 11) is 0. The lowest BCUT2D eigenvalue weighted by Crippen LogP contribution is -1.89. The van der Waals surface area contributed by atoms with E-state index < -0.39 is 0 Å². The van der Waals surface area contributed by atoms with Crippen LogP contribution >= 0.6 is 23.4 Å². The quantitative estimate of drug-likeness (QED) is 0.693. The second-order valence-corrected chi connectivity index (χ2v) is 5.14. The highest BCUT2D eigenvalue weighted by Crippen LogP contribution is 2.37. The second-order valence-electron chi connectivity index (χ2n) is 3.51. The molecule has 0 heterocycles. The van der Waals surface area contributed by atoms with E-state index in [-0.39, 0.29) is 4.71 Å². The largest absolute Gasteiger partial charge is 0.141 e. The van der Waals surface area contributed by atoms with Crippen molar-refractivity contribution in [1.29, 1.82) is 0 Å². The third-order valence-electron chi connectivity index (χ3n) is 2.50. The summed E-state index contributed by atoms with van der Waals surface area (Å²) in [5.74, 6) is 0. The van der Waals surface area contributed by atoms with Gasteiger partial charge in [-0.25, -0.2) is 0 Å². The van der Waals surface area contributed by atoms with E-state index >= 15 is 0 Å². The van der Waals surface area contributed by atoms with Gasteiger partial charge >= 0.3 is 0 Å². The molecule has 16 heavy (non-hydrogen) atoms. The minimum atomic E-state index is 0.0106. The molecule has 0 radical (unpaired) electrons. The first-order valence-electron chi connectivity index (χ1n) is 5.14. The van der Waals surface area contributed by atoms with E-state index in [1.165, 1.54) is 16.7 Å². The molecule has 0 aromatic heterocycles. The maximum absolute atomic E-state index is 6.31. The van der Waals surface area contributed by atoms with Crippen LogP contribution in [0.2, 0.25) is 0 Å². The summed E-state index contributed by atoms with van der Waals surface area (Å²) >= 11 is 7.96. The molecule has 0 N–H and O–H groups in total. The SMILES string of the molecule is CSC(Cl)c1ccccc1-c1ccccc1. The van der Waals surface area contributed by atoms with Crippen LogP contribution in [0.25, 0.3) is 11.1 Å². The van der Waals surface area contributed by atoms with E-state index in [1.54, 1.807) is 11.8 Å². The van der Waals surface area contributed by atoms with Crippen LogP contribution in [0.1, 0.15) is 10.3 Å². The van der Waals surface area contributed by atoms with Crippen LogP contribution in [0.3, 0.4) is 0 Å². The third kappa shape index (κ3) is 2.42. The summed E-state index contributed by atoms with van der Waals surface area (Å²) in [6.07, 6.45) is 2.03. The molecule has 1 atom stereocenters. The Morgan fingerprint density at radius 2 is 1.56 bits per heavy atom. The van der Waals surface area contributed by atoms with Crippen LogP contribution in [-0.4, -0.2) is 6.26 Å². The van der Waals surface area contributed by atoms with Crippen LogP contribution in [0.4, 0.5) is 0 Å². The Hall–Kier alpha value is -0.920. The molecular weight excluding hydrogens is 236 g/mol. The smallest absolute Gasteiger partial charge is 0.104 e. The van der Waals surface area contributed by atoms with Crippen molar-refractivity contribution in [2.75, 3.05) is 6.26 Å². The maximum Gasteiger partial charge on any atom is 0.104 e. The first-order chi connectivity index (χ1) is 7.83. The molecule has 0 saturated heterocycles. The lowest BCUT2D eigenvalue weighted by molar-refractivity contribution is 1.36. The molecule has 2 aromatic rings. The normalized spacial score (nSPS) is 12.4. The number of hydrogen-bond acceptors (Lipinski definition) is 1. The van der Waals surface area contributed by atoms with Crippen molar-refractivity contribution < 1.29 is 0 Å². The van der Waals surface area contributed by atoms with Gasteiger partial charge in [0.1, 0.15) is 4.71 Å². The Balaban J connectivity index is 2.49. The Bertz CT molecular complexity index is 453. The van der Waals surface area contributed by atoms with Crippen LogP contribution in [-0.2, 0) is 0 Å². The lowest BCUT2D eigenvalue weighted by atomic mass is 10.0. The fraction of sp³-hybridized carbons (Fsp3) is 0.143. The first kappa shape index (κ1) is 11.6. The Labute approximate surface area is 106 Å². The molecule has 0 aliphatic carbocycles. The van der Waals surface area contributed by atoms with Gasteiger partial charge in [0.05, 0.1) is 0 Å². The molecule has 2 aromatic carbocycles. The lowest BCUT2D eigenvalue weighted by Gasteiger charge is -2.12. The minimum absolute atomic E-state index is 0.0106. The van der Waals surface area contributed by atoms with E-state index in [4.69, 9.17) is 11.6 Å². The van der Waals surface area contributed by atoms with E-state index in [2.05, 4.69) is 42.5 Å². The number of halogens is 1. The van der Waals surface area contributed by atoms with Crippen molar-refractivity contribution in [1.82, 2.24) is 0 Å². The van der Waals surface area contributed by atoms with Gasteiger partial charge in [0, 0.05) is 0 Å². The summed E-state index contributed by atoms with van der Waals surface area (Å²) in [5, 5.41) is 0. The number of alkyl halides is 1. The van der Waals surface area contributed by atoms with Crippen molar-refractivity contribution >= 4 is 23.4 Å². The van der Waals surface area contributed by atoms with Gasteiger partial charge in [0.25, 0.3) is 0 Å². The van der Waals surface area contributed by atoms with Crippen molar-refractivity contribution in [3.63, 3.8) is 0 Å². The Kier molecular flexibility index (Phi) is 3.92. The van der Waals surface area contributed by atoms with E-state index in [1.807, 2.05) is 18.4 Å². The maximum atomic E-state index is 6.31. The molecule has 0 saturated carbocycles. The summed E-state index contributed by atoms with van der Waals surface area (Å²) < 4.78 is 0.0106. The molecule has 0 aliphatic rings.